The molecule has 4 rings (SSSR count). The molecule has 6 heteroatoms. The van der Waals surface area contributed by atoms with Gasteiger partial charge in [-0.2, -0.15) is 0 Å². The Hall–Kier alpha value is -3.28. The summed E-state index contributed by atoms with van der Waals surface area (Å²) in [5.74, 6) is 0.399. The van der Waals surface area contributed by atoms with Crippen molar-refractivity contribution in [3.63, 3.8) is 0 Å². The Bertz CT molecular complexity index is 1020. The third-order valence-corrected chi connectivity index (χ3v) is 5.07. The number of nitrogens with one attached hydrogen (secondary N) is 1. The highest BCUT2D eigenvalue weighted by Gasteiger charge is 2.34. The lowest BCUT2D eigenvalue weighted by molar-refractivity contribution is -0.136. The molecule has 1 aliphatic rings. The zero-order valence-electron chi connectivity index (χ0n) is 16.0. The van der Waals surface area contributed by atoms with Gasteiger partial charge in [-0.05, 0) is 30.2 Å². The quantitative estimate of drug-likeness (QED) is 0.760. The fraction of sp³-hybridized carbons (Fsp3) is 0.273. The van der Waals surface area contributed by atoms with Crippen molar-refractivity contribution in [3.8, 4) is 5.75 Å². The van der Waals surface area contributed by atoms with Crippen LogP contribution in [0.4, 0.5) is 5.69 Å². The van der Waals surface area contributed by atoms with E-state index in [2.05, 4.69) is 11.1 Å². The number of carbonyl (C=O) groups is 2. The average molecular weight is 377 g/mol. The number of hydrogen-bond donors (Lipinski definition) is 1. The molecule has 0 aliphatic carbocycles. The highest BCUT2D eigenvalue weighted by atomic mass is 16.5. The van der Waals surface area contributed by atoms with E-state index in [-0.39, 0.29) is 18.4 Å². The van der Waals surface area contributed by atoms with Crippen LogP contribution < -0.4 is 9.64 Å². The van der Waals surface area contributed by atoms with Crippen molar-refractivity contribution in [2.24, 2.45) is 0 Å². The number of aromatic nitrogens is 1. The van der Waals surface area contributed by atoms with E-state index in [1.807, 2.05) is 42.6 Å². The summed E-state index contributed by atoms with van der Waals surface area (Å²) in [6, 6.07) is 15.4. The molecule has 1 unspecified atom stereocenters. The Morgan fingerprint density at radius 1 is 1.14 bits per heavy atom. The van der Waals surface area contributed by atoms with Crippen LogP contribution in [0, 0.1) is 0 Å². The van der Waals surface area contributed by atoms with Gasteiger partial charge in [0.15, 0.2) is 6.10 Å². The molecule has 0 radical (unpaired) electrons. The van der Waals surface area contributed by atoms with Gasteiger partial charge in [0.2, 0.25) is 5.91 Å². The highest BCUT2D eigenvalue weighted by molar-refractivity contribution is 5.97. The zero-order valence-corrected chi connectivity index (χ0v) is 16.0. The number of rotatable bonds is 4. The number of anilines is 1. The van der Waals surface area contributed by atoms with E-state index in [4.69, 9.17) is 4.74 Å². The minimum absolute atomic E-state index is 0.0161. The van der Waals surface area contributed by atoms with Crippen LogP contribution in [0.3, 0.4) is 0 Å². The van der Waals surface area contributed by atoms with Crippen molar-refractivity contribution in [1.29, 1.82) is 0 Å². The van der Waals surface area contributed by atoms with Crippen molar-refractivity contribution < 1.29 is 14.3 Å². The number of benzene rings is 2. The van der Waals surface area contributed by atoms with Gasteiger partial charge in [-0.1, -0.05) is 30.3 Å². The molecule has 6 nitrogen and oxygen atoms in total. The van der Waals surface area contributed by atoms with E-state index in [1.54, 1.807) is 25.1 Å². The number of aryl methyl sites for hydroxylation is 1. The van der Waals surface area contributed by atoms with Crippen LogP contribution in [0.2, 0.25) is 0 Å². The molecular formula is C22H23N3O3. The van der Waals surface area contributed by atoms with Gasteiger partial charge >= 0.3 is 0 Å². The Labute approximate surface area is 163 Å². The number of H-pyrrole nitrogens is 1. The van der Waals surface area contributed by atoms with Crippen LogP contribution in [0.1, 0.15) is 12.0 Å². The van der Waals surface area contributed by atoms with E-state index >= 15 is 0 Å². The first-order valence-electron chi connectivity index (χ1n) is 9.37. The number of nitrogens with zero attached hydrogens (tertiary/aromatic N) is 2. The molecule has 3 aromatic rings. The van der Waals surface area contributed by atoms with Gasteiger partial charge in [0.1, 0.15) is 5.75 Å². The van der Waals surface area contributed by atoms with Gasteiger partial charge in [-0.3, -0.25) is 9.59 Å². The highest BCUT2D eigenvalue weighted by Crippen LogP contribution is 2.34. The summed E-state index contributed by atoms with van der Waals surface area (Å²) in [5, 5.41) is 1.14. The normalized spacial score (nSPS) is 15.8. The zero-order chi connectivity index (χ0) is 19.7. The maximum atomic E-state index is 13.1. The molecule has 2 amide bonds. The van der Waals surface area contributed by atoms with Crippen LogP contribution in [0.5, 0.6) is 5.75 Å². The maximum Gasteiger partial charge on any atom is 0.265 e. The molecule has 144 valence electrons. The molecular weight excluding hydrogens is 354 g/mol. The number of amides is 2. The summed E-state index contributed by atoms with van der Waals surface area (Å²) in [7, 11) is 3.38. The number of para-hydroxylation sites is 3. The largest absolute Gasteiger partial charge is 0.476 e. The molecule has 0 saturated carbocycles. The van der Waals surface area contributed by atoms with E-state index < -0.39 is 6.10 Å². The van der Waals surface area contributed by atoms with E-state index in [9.17, 15) is 9.59 Å². The lowest BCUT2D eigenvalue weighted by atomic mass is 10.1. The first kappa shape index (κ1) is 18.1. The monoisotopic (exact) mass is 377 g/mol. The molecule has 0 spiro atoms. The SMILES string of the molecule is CN(C)C(=O)C1CN(C(=O)CCc2c[nH]c3ccccc23)c2ccccc2O1. The topological polar surface area (TPSA) is 65.6 Å². The van der Waals surface area contributed by atoms with Crippen LogP contribution in [-0.4, -0.2) is 48.4 Å². The van der Waals surface area contributed by atoms with Crippen molar-refractivity contribution >= 4 is 28.4 Å². The minimum atomic E-state index is -0.693. The number of hydrogen-bond acceptors (Lipinski definition) is 3. The second kappa shape index (κ2) is 7.38. The van der Waals surface area contributed by atoms with Crippen LogP contribution in [0.25, 0.3) is 10.9 Å². The third kappa shape index (κ3) is 3.33. The fourth-order valence-corrected chi connectivity index (χ4v) is 3.60. The molecule has 0 saturated heterocycles. The number of fused-ring (bicyclic) bond motifs is 2. The Morgan fingerprint density at radius 2 is 1.89 bits per heavy atom. The fourth-order valence-electron chi connectivity index (χ4n) is 3.60. The van der Waals surface area contributed by atoms with Crippen LogP contribution in [-0.2, 0) is 16.0 Å². The number of ether oxygens (including phenoxy) is 1. The maximum absolute atomic E-state index is 13.1. The number of carbonyl (C=O) groups excluding carboxylic acids is 2. The standard InChI is InChI=1S/C22H23N3O3/c1-24(2)22(27)20-14-25(18-9-5-6-10-19(18)28-20)21(26)12-11-15-13-23-17-8-4-3-7-16(15)17/h3-10,13,20,23H,11-12,14H2,1-2H3. The van der Waals surface area contributed by atoms with Crippen molar-refractivity contribution in [3.05, 3.63) is 60.3 Å². The summed E-state index contributed by atoms with van der Waals surface area (Å²) < 4.78 is 5.85. The minimum Gasteiger partial charge on any atom is -0.476 e. The van der Waals surface area contributed by atoms with Crippen LogP contribution in [0.15, 0.2) is 54.7 Å². The molecule has 28 heavy (non-hydrogen) atoms. The van der Waals surface area contributed by atoms with Gasteiger partial charge in [-0.15, -0.1) is 0 Å². The lowest BCUT2D eigenvalue weighted by Crippen LogP contribution is -2.50. The number of aromatic amines is 1. The van der Waals surface area contributed by atoms with Gasteiger partial charge in [-0.25, -0.2) is 0 Å². The Balaban J connectivity index is 1.54. The summed E-state index contributed by atoms with van der Waals surface area (Å²) in [6.07, 6.45) is 2.26. The van der Waals surface area contributed by atoms with Gasteiger partial charge in [0.25, 0.3) is 5.91 Å². The second-order valence-electron chi connectivity index (χ2n) is 7.17. The molecule has 1 aliphatic heterocycles. The molecule has 2 aromatic carbocycles. The summed E-state index contributed by atoms with van der Waals surface area (Å²) >= 11 is 0. The van der Waals surface area contributed by atoms with Gasteiger partial charge < -0.3 is 19.5 Å². The first-order chi connectivity index (χ1) is 13.5. The predicted octanol–water partition coefficient (Wildman–Crippen LogP) is 2.98. The van der Waals surface area contributed by atoms with Gasteiger partial charge in [0, 0.05) is 37.6 Å². The third-order valence-electron chi connectivity index (χ3n) is 5.07. The van der Waals surface area contributed by atoms with Crippen LogP contribution >= 0.6 is 0 Å². The molecule has 0 bridgehead atoms. The predicted molar refractivity (Wildman–Crippen MR) is 109 cm³/mol. The van der Waals surface area contributed by atoms with E-state index in [0.717, 1.165) is 16.5 Å². The Kier molecular flexibility index (Phi) is 4.77. The van der Waals surface area contributed by atoms with Gasteiger partial charge in [0.05, 0.1) is 12.2 Å². The second-order valence-corrected chi connectivity index (χ2v) is 7.17. The number of likely N-dealkylation sites (N-methyl/N-ethyl adjacent to an activating group) is 1. The molecule has 0 fully saturated rings. The summed E-state index contributed by atoms with van der Waals surface area (Å²) in [6.45, 7) is 0.223. The lowest BCUT2D eigenvalue weighted by Gasteiger charge is -2.35. The molecule has 2 heterocycles. The Morgan fingerprint density at radius 3 is 2.71 bits per heavy atom. The van der Waals surface area contributed by atoms with Crippen molar-refractivity contribution in [2.75, 3.05) is 25.5 Å². The van der Waals surface area contributed by atoms with Crippen molar-refractivity contribution in [1.82, 2.24) is 9.88 Å². The molecule has 1 N–H and O–H groups in total. The average Bonchev–Trinajstić information content (AvgIpc) is 3.13. The van der Waals surface area contributed by atoms with Crippen molar-refractivity contribution in [2.45, 2.75) is 18.9 Å². The molecule has 1 aromatic heterocycles. The van der Waals surface area contributed by atoms with E-state index in [0.29, 0.717) is 24.3 Å². The summed E-state index contributed by atoms with van der Waals surface area (Å²) in [5.41, 5.74) is 2.90. The summed E-state index contributed by atoms with van der Waals surface area (Å²) in [4.78, 5) is 31.9. The smallest absolute Gasteiger partial charge is 0.265 e. The van der Waals surface area contributed by atoms with E-state index in [1.165, 1.54) is 4.90 Å². The molecule has 1 atom stereocenters. The first-order valence-corrected chi connectivity index (χ1v) is 9.37.